The molecule has 0 aliphatic rings. The van der Waals surface area contributed by atoms with Gasteiger partial charge in [0.15, 0.2) is 6.61 Å². The Labute approximate surface area is 176 Å². The average molecular weight is 404 g/mol. The summed E-state index contributed by atoms with van der Waals surface area (Å²) in [7, 11) is 0. The number of esters is 1. The molecule has 0 aromatic heterocycles. The van der Waals surface area contributed by atoms with Crippen molar-refractivity contribution in [3.05, 3.63) is 78.4 Å². The van der Waals surface area contributed by atoms with Crippen LogP contribution in [0.15, 0.2) is 67.3 Å². The van der Waals surface area contributed by atoms with E-state index in [4.69, 9.17) is 14.7 Å². The van der Waals surface area contributed by atoms with Crippen LogP contribution in [0.2, 0.25) is 0 Å². The summed E-state index contributed by atoms with van der Waals surface area (Å²) in [5, 5.41) is 8.85. The average Bonchev–Trinajstić information content (AvgIpc) is 2.77. The summed E-state index contributed by atoms with van der Waals surface area (Å²) in [6, 6.07) is 16.6. The van der Waals surface area contributed by atoms with Crippen LogP contribution in [-0.2, 0) is 14.3 Å². The van der Waals surface area contributed by atoms with Crippen LogP contribution in [0.1, 0.15) is 17.5 Å². The number of amides is 1. The zero-order chi connectivity index (χ0) is 21.8. The lowest BCUT2D eigenvalue weighted by molar-refractivity contribution is -0.142. The fourth-order valence-electron chi connectivity index (χ4n) is 2.54. The van der Waals surface area contributed by atoms with Gasteiger partial charge < -0.3 is 14.4 Å². The minimum Gasteiger partial charge on any atom is -0.490 e. The summed E-state index contributed by atoms with van der Waals surface area (Å²) in [5.74, 6) is -0.312. The summed E-state index contributed by atoms with van der Waals surface area (Å²) >= 11 is 0. The molecule has 2 rings (SSSR count). The van der Waals surface area contributed by atoms with E-state index in [9.17, 15) is 9.59 Å². The highest BCUT2D eigenvalue weighted by atomic mass is 16.5. The molecule has 0 fully saturated rings. The second kappa shape index (κ2) is 11.9. The molecule has 0 saturated heterocycles. The molecule has 0 heterocycles. The Morgan fingerprint density at radius 1 is 1.13 bits per heavy atom. The standard InChI is InChI=1S/C24H24N2O4/c1-3-17-29-22-12-7-20(8-13-22)9-14-24(28)30-18-23(27)26(16-4-15-25)21-10-5-19(2)6-11-21/h3,5-14H,1,4,16-18H2,2H3/b14-9+. The van der Waals surface area contributed by atoms with Crippen LogP contribution in [0.4, 0.5) is 5.69 Å². The largest absolute Gasteiger partial charge is 0.490 e. The quantitative estimate of drug-likeness (QED) is 0.339. The third-order valence-corrected chi connectivity index (χ3v) is 4.09. The van der Waals surface area contributed by atoms with E-state index in [1.165, 1.54) is 11.0 Å². The van der Waals surface area contributed by atoms with Gasteiger partial charge in [0, 0.05) is 18.3 Å². The van der Waals surface area contributed by atoms with Crippen LogP contribution in [-0.4, -0.2) is 31.6 Å². The molecular weight excluding hydrogens is 380 g/mol. The lowest BCUT2D eigenvalue weighted by atomic mass is 10.2. The highest BCUT2D eigenvalue weighted by molar-refractivity contribution is 5.96. The van der Waals surface area contributed by atoms with Gasteiger partial charge in [-0.05, 0) is 42.8 Å². The van der Waals surface area contributed by atoms with Crippen molar-refractivity contribution in [2.45, 2.75) is 13.3 Å². The fraction of sp³-hybridized carbons (Fsp3) is 0.208. The van der Waals surface area contributed by atoms with Gasteiger partial charge in [0.05, 0.1) is 12.5 Å². The van der Waals surface area contributed by atoms with Gasteiger partial charge >= 0.3 is 5.97 Å². The Bertz CT molecular complexity index is 925. The maximum atomic E-state index is 12.5. The van der Waals surface area contributed by atoms with Gasteiger partial charge in [-0.1, -0.05) is 42.5 Å². The van der Waals surface area contributed by atoms with Crippen molar-refractivity contribution < 1.29 is 19.1 Å². The molecule has 0 unspecified atom stereocenters. The molecule has 0 atom stereocenters. The number of nitriles is 1. The van der Waals surface area contributed by atoms with E-state index >= 15 is 0 Å². The van der Waals surface area contributed by atoms with Crippen LogP contribution in [0.3, 0.4) is 0 Å². The fourth-order valence-corrected chi connectivity index (χ4v) is 2.54. The minimum absolute atomic E-state index is 0.181. The second-order valence-corrected chi connectivity index (χ2v) is 6.40. The predicted molar refractivity (Wildman–Crippen MR) is 116 cm³/mol. The lowest BCUT2D eigenvalue weighted by Gasteiger charge is -2.21. The number of anilines is 1. The van der Waals surface area contributed by atoms with Crippen molar-refractivity contribution >= 4 is 23.6 Å². The van der Waals surface area contributed by atoms with Crippen molar-refractivity contribution in [2.75, 3.05) is 24.7 Å². The summed E-state index contributed by atoms with van der Waals surface area (Å²) < 4.78 is 10.5. The molecule has 6 nitrogen and oxygen atoms in total. The predicted octanol–water partition coefficient (Wildman–Crippen LogP) is 4.06. The number of benzene rings is 2. The smallest absolute Gasteiger partial charge is 0.331 e. The normalized spacial score (nSPS) is 10.3. The SMILES string of the molecule is C=CCOc1ccc(/C=C/C(=O)OCC(=O)N(CCC#N)c2ccc(C)cc2)cc1. The molecule has 6 heteroatoms. The van der Waals surface area contributed by atoms with E-state index in [0.717, 1.165) is 11.1 Å². The molecule has 1 amide bonds. The molecule has 154 valence electrons. The highest BCUT2D eigenvalue weighted by Crippen LogP contribution is 2.16. The maximum absolute atomic E-state index is 12.5. The van der Waals surface area contributed by atoms with E-state index in [1.807, 2.05) is 25.1 Å². The number of carbonyl (C=O) groups is 2. The van der Waals surface area contributed by atoms with E-state index in [2.05, 4.69) is 6.58 Å². The first-order valence-electron chi connectivity index (χ1n) is 9.46. The van der Waals surface area contributed by atoms with Crippen LogP contribution in [0, 0.1) is 18.3 Å². The van der Waals surface area contributed by atoms with Crippen LogP contribution < -0.4 is 9.64 Å². The lowest BCUT2D eigenvalue weighted by Crippen LogP contribution is -2.35. The van der Waals surface area contributed by atoms with E-state index in [-0.39, 0.29) is 18.9 Å². The number of aryl methyl sites for hydroxylation is 1. The third-order valence-electron chi connectivity index (χ3n) is 4.09. The molecule has 0 N–H and O–H groups in total. The Balaban J connectivity index is 1.91. The van der Waals surface area contributed by atoms with Crippen molar-refractivity contribution in [1.82, 2.24) is 0 Å². The van der Waals surface area contributed by atoms with Gasteiger partial charge in [-0.25, -0.2) is 4.79 Å². The van der Waals surface area contributed by atoms with E-state index in [1.54, 1.807) is 48.6 Å². The topological polar surface area (TPSA) is 79.6 Å². The number of rotatable bonds is 10. The van der Waals surface area contributed by atoms with Crippen molar-refractivity contribution in [3.63, 3.8) is 0 Å². The van der Waals surface area contributed by atoms with E-state index < -0.39 is 12.6 Å². The van der Waals surface area contributed by atoms with Crippen LogP contribution in [0.5, 0.6) is 5.75 Å². The molecule has 2 aromatic carbocycles. The summed E-state index contributed by atoms with van der Waals surface area (Å²) in [6.45, 7) is 5.78. The maximum Gasteiger partial charge on any atom is 0.331 e. The zero-order valence-electron chi connectivity index (χ0n) is 16.9. The molecule has 0 spiro atoms. The van der Waals surface area contributed by atoms with Gasteiger partial charge in [0.1, 0.15) is 12.4 Å². The molecule has 0 radical (unpaired) electrons. The molecule has 2 aromatic rings. The second-order valence-electron chi connectivity index (χ2n) is 6.40. The number of ether oxygens (including phenoxy) is 2. The van der Waals surface area contributed by atoms with Gasteiger partial charge in [-0.2, -0.15) is 5.26 Å². The molecule has 0 aliphatic carbocycles. The minimum atomic E-state index is -0.625. The Hall–Kier alpha value is -3.85. The van der Waals surface area contributed by atoms with E-state index in [0.29, 0.717) is 18.0 Å². The summed E-state index contributed by atoms with van der Waals surface area (Å²) in [6.07, 6.45) is 4.70. The Morgan fingerprint density at radius 2 is 1.83 bits per heavy atom. The van der Waals surface area contributed by atoms with Crippen molar-refractivity contribution in [3.8, 4) is 11.8 Å². The zero-order valence-corrected chi connectivity index (χ0v) is 16.9. The first kappa shape index (κ1) is 22.4. The van der Waals surface area contributed by atoms with Gasteiger partial charge in [0.25, 0.3) is 5.91 Å². The number of nitrogens with zero attached hydrogens (tertiary/aromatic N) is 2. The number of carbonyl (C=O) groups excluding carboxylic acids is 2. The number of hydrogen-bond donors (Lipinski definition) is 0. The Kier molecular flexibility index (Phi) is 8.88. The monoisotopic (exact) mass is 404 g/mol. The third kappa shape index (κ3) is 7.28. The Morgan fingerprint density at radius 3 is 2.47 bits per heavy atom. The summed E-state index contributed by atoms with van der Waals surface area (Å²) in [5.41, 5.74) is 2.51. The van der Waals surface area contributed by atoms with Gasteiger partial charge in [0.2, 0.25) is 0 Å². The van der Waals surface area contributed by atoms with Crippen LogP contribution >= 0.6 is 0 Å². The van der Waals surface area contributed by atoms with Crippen molar-refractivity contribution in [1.29, 1.82) is 5.26 Å². The first-order valence-corrected chi connectivity index (χ1v) is 9.46. The highest BCUT2D eigenvalue weighted by Gasteiger charge is 2.17. The molecule has 0 bridgehead atoms. The molecular formula is C24H24N2O4. The van der Waals surface area contributed by atoms with Gasteiger partial charge in [-0.15, -0.1) is 0 Å². The molecule has 30 heavy (non-hydrogen) atoms. The molecule has 0 aliphatic heterocycles. The first-order chi connectivity index (χ1) is 14.5. The molecule has 0 saturated carbocycles. The number of hydrogen-bond acceptors (Lipinski definition) is 5. The summed E-state index contributed by atoms with van der Waals surface area (Å²) in [4.78, 5) is 26.0. The van der Waals surface area contributed by atoms with Crippen molar-refractivity contribution in [2.24, 2.45) is 0 Å². The van der Waals surface area contributed by atoms with Crippen LogP contribution in [0.25, 0.3) is 6.08 Å². The van der Waals surface area contributed by atoms with Gasteiger partial charge in [-0.3, -0.25) is 4.79 Å².